The molecule has 1 N–H and O–H groups in total. The Morgan fingerprint density at radius 3 is 2.72 bits per heavy atom. The van der Waals surface area contributed by atoms with Crippen LogP contribution in [0.15, 0.2) is 35.8 Å². The predicted octanol–water partition coefficient (Wildman–Crippen LogP) is 3.60. The number of rotatable bonds is 6. The molecule has 0 bridgehead atoms. The predicted molar refractivity (Wildman–Crippen MR) is 78.1 cm³/mol. The molecule has 96 valence electrons. The second-order valence-corrected chi connectivity index (χ2v) is 5.32. The lowest BCUT2D eigenvalue weighted by Crippen LogP contribution is -2.22. The summed E-state index contributed by atoms with van der Waals surface area (Å²) in [4.78, 5) is 5.93. The molecule has 3 heteroatoms. The van der Waals surface area contributed by atoms with E-state index in [0.717, 1.165) is 25.1 Å². The van der Waals surface area contributed by atoms with E-state index in [1.165, 1.54) is 10.4 Å². The topological polar surface area (TPSA) is 24.9 Å². The lowest BCUT2D eigenvalue weighted by molar-refractivity contribution is 0.552. The molecular formula is C15H20N2S. The molecule has 2 aromatic rings. The van der Waals surface area contributed by atoms with Crippen molar-refractivity contribution in [2.24, 2.45) is 0 Å². The fourth-order valence-electron chi connectivity index (χ4n) is 2.00. The molecule has 0 aliphatic carbocycles. The number of nitrogens with zero attached hydrogens (tertiary/aromatic N) is 1. The minimum Gasteiger partial charge on any atom is -0.309 e. The van der Waals surface area contributed by atoms with E-state index in [1.54, 1.807) is 0 Å². The van der Waals surface area contributed by atoms with Crippen molar-refractivity contribution in [1.29, 1.82) is 0 Å². The van der Waals surface area contributed by atoms with Gasteiger partial charge in [-0.1, -0.05) is 26.0 Å². The number of aryl methyl sites for hydroxylation is 1. The molecule has 0 radical (unpaired) electrons. The van der Waals surface area contributed by atoms with Gasteiger partial charge in [0.25, 0.3) is 0 Å². The van der Waals surface area contributed by atoms with Crippen LogP contribution in [0.4, 0.5) is 0 Å². The van der Waals surface area contributed by atoms with Crippen LogP contribution >= 0.6 is 11.3 Å². The third-order valence-electron chi connectivity index (χ3n) is 3.04. The van der Waals surface area contributed by atoms with Crippen molar-refractivity contribution < 1.29 is 0 Å². The molecule has 0 aliphatic heterocycles. The largest absolute Gasteiger partial charge is 0.309 e. The smallest absolute Gasteiger partial charge is 0.0470 e. The summed E-state index contributed by atoms with van der Waals surface area (Å²) in [6, 6.07) is 9.02. The van der Waals surface area contributed by atoms with Crippen LogP contribution in [-0.4, -0.2) is 11.5 Å². The molecule has 0 saturated heterocycles. The van der Waals surface area contributed by atoms with Gasteiger partial charge in [0.15, 0.2) is 0 Å². The highest BCUT2D eigenvalue weighted by atomic mass is 32.1. The Morgan fingerprint density at radius 1 is 1.28 bits per heavy atom. The van der Waals surface area contributed by atoms with E-state index in [1.807, 2.05) is 17.5 Å². The standard InChI is InChI=1S/C15H20N2S/c1-3-12-7-8-13(17-11-12)10-14(16-4-2)15-6-5-9-18-15/h5-9,11,14,16H,3-4,10H2,1-2H3. The van der Waals surface area contributed by atoms with Gasteiger partial charge in [0.1, 0.15) is 0 Å². The number of hydrogen-bond acceptors (Lipinski definition) is 3. The van der Waals surface area contributed by atoms with Crippen LogP contribution in [0.5, 0.6) is 0 Å². The second-order valence-electron chi connectivity index (χ2n) is 4.34. The van der Waals surface area contributed by atoms with Gasteiger partial charge in [-0.15, -0.1) is 11.3 Å². The van der Waals surface area contributed by atoms with Crippen LogP contribution in [0.1, 0.15) is 36.0 Å². The Kier molecular flexibility index (Phi) is 4.90. The first-order chi connectivity index (χ1) is 8.83. The number of nitrogens with one attached hydrogen (secondary N) is 1. The number of hydrogen-bond donors (Lipinski definition) is 1. The highest BCUT2D eigenvalue weighted by Crippen LogP contribution is 2.22. The highest BCUT2D eigenvalue weighted by molar-refractivity contribution is 7.10. The first-order valence-electron chi connectivity index (χ1n) is 6.54. The van der Waals surface area contributed by atoms with Gasteiger partial charge in [-0.3, -0.25) is 4.98 Å². The fourth-order valence-corrected chi connectivity index (χ4v) is 2.81. The van der Waals surface area contributed by atoms with Crippen LogP contribution in [0, 0.1) is 0 Å². The number of pyridine rings is 1. The summed E-state index contributed by atoms with van der Waals surface area (Å²) < 4.78 is 0. The third-order valence-corrected chi connectivity index (χ3v) is 4.03. The zero-order chi connectivity index (χ0) is 12.8. The molecule has 18 heavy (non-hydrogen) atoms. The Balaban J connectivity index is 2.08. The van der Waals surface area contributed by atoms with E-state index in [4.69, 9.17) is 0 Å². The van der Waals surface area contributed by atoms with E-state index in [9.17, 15) is 0 Å². The Morgan fingerprint density at radius 2 is 2.17 bits per heavy atom. The van der Waals surface area contributed by atoms with Gasteiger partial charge in [-0.05, 0) is 36.0 Å². The quantitative estimate of drug-likeness (QED) is 0.858. The second kappa shape index (κ2) is 6.66. The summed E-state index contributed by atoms with van der Waals surface area (Å²) >= 11 is 1.81. The SMILES string of the molecule is CCNC(Cc1ccc(CC)cn1)c1cccs1. The molecule has 2 nitrogen and oxygen atoms in total. The maximum atomic E-state index is 4.55. The Hall–Kier alpha value is -1.19. The molecule has 1 atom stereocenters. The van der Waals surface area contributed by atoms with Gasteiger partial charge in [0, 0.05) is 29.2 Å². The van der Waals surface area contributed by atoms with Gasteiger partial charge in [0.2, 0.25) is 0 Å². The van der Waals surface area contributed by atoms with Crippen molar-refractivity contribution in [3.63, 3.8) is 0 Å². The molecule has 0 spiro atoms. The molecule has 0 aromatic carbocycles. The van der Waals surface area contributed by atoms with E-state index in [2.05, 4.69) is 53.8 Å². The van der Waals surface area contributed by atoms with Crippen molar-refractivity contribution in [2.45, 2.75) is 32.7 Å². The first-order valence-corrected chi connectivity index (χ1v) is 7.42. The summed E-state index contributed by atoms with van der Waals surface area (Å²) in [7, 11) is 0. The van der Waals surface area contributed by atoms with Gasteiger partial charge >= 0.3 is 0 Å². The molecule has 0 fully saturated rings. The number of thiophene rings is 1. The Bertz CT molecular complexity index is 448. The zero-order valence-electron chi connectivity index (χ0n) is 11.0. The summed E-state index contributed by atoms with van der Waals surface area (Å²) in [6.07, 6.45) is 4.00. The summed E-state index contributed by atoms with van der Waals surface area (Å²) in [5.41, 5.74) is 2.46. The molecule has 2 rings (SSSR count). The van der Waals surface area contributed by atoms with Crippen LogP contribution in [-0.2, 0) is 12.8 Å². The molecule has 2 aromatic heterocycles. The third kappa shape index (κ3) is 3.40. The van der Waals surface area contributed by atoms with E-state index >= 15 is 0 Å². The molecular weight excluding hydrogens is 240 g/mol. The molecule has 0 saturated carbocycles. The van der Waals surface area contributed by atoms with Crippen molar-refractivity contribution in [1.82, 2.24) is 10.3 Å². The van der Waals surface area contributed by atoms with E-state index < -0.39 is 0 Å². The van der Waals surface area contributed by atoms with Gasteiger partial charge in [-0.25, -0.2) is 0 Å². The van der Waals surface area contributed by atoms with Gasteiger partial charge in [-0.2, -0.15) is 0 Å². The summed E-state index contributed by atoms with van der Waals surface area (Å²) in [6.45, 7) is 5.29. The maximum absolute atomic E-state index is 4.55. The number of likely N-dealkylation sites (N-methyl/N-ethyl adjacent to an activating group) is 1. The lowest BCUT2D eigenvalue weighted by atomic mass is 10.1. The van der Waals surface area contributed by atoms with Crippen molar-refractivity contribution in [3.05, 3.63) is 52.0 Å². The van der Waals surface area contributed by atoms with Gasteiger partial charge < -0.3 is 5.32 Å². The summed E-state index contributed by atoms with van der Waals surface area (Å²) in [5.74, 6) is 0. The molecule has 0 aliphatic rings. The highest BCUT2D eigenvalue weighted by Gasteiger charge is 2.12. The van der Waals surface area contributed by atoms with Crippen molar-refractivity contribution in [2.75, 3.05) is 6.54 Å². The van der Waals surface area contributed by atoms with Crippen LogP contribution < -0.4 is 5.32 Å². The van der Waals surface area contributed by atoms with Crippen LogP contribution in [0.2, 0.25) is 0 Å². The minimum absolute atomic E-state index is 0.384. The van der Waals surface area contributed by atoms with Gasteiger partial charge in [0.05, 0.1) is 0 Å². The molecule has 0 amide bonds. The maximum Gasteiger partial charge on any atom is 0.0470 e. The average Bonchev–Trinajstić information content (AvgIpc) is 2.93. The van der Waals surface area contributed by atoms with Crippen molar-refractivity contribution >= 4 is 11.3 Å². The molecule has 1 unspecified atom stereocenters. The van der Waals surface area contributed by atoms with Crippen LogP contribution in [0.3, 0.4) is 0 Å². The number of aromatic nitrogens is 1. The average molecular weight is 260 g/mol. The monoisotopic (exact) mass is 260 g/mol. The van der Waals surface area contributed by atoms with Crippen LogP contribution in [0.25, 0.3) is 0 Å². The van der Waals surface area contributed by atoms with E-state index in [0.29, 0.717) is 6.04 Å². The van der Waals surface area contributed by atoms with E-state index in [-0.39, 0.29) is 0 Å². The minimum atomic E-state index is 0.384. The Labute approximate surface area is 113 Å². The lowest BCUT2D eigenvalue weighted by Gasteiger charge is -2.16. The first kappa shape index (κ1) is 13.2. The summed E-state index contributed by atoms with van der Waals surface area (Å²) in [5, 5.41) is 5.66. The zero-order valence-corrected chi connectivity index (χ0v) is 11.8. The molecule has 2 heterocycles. The van der Waals surface area contributed by atoms with Crippen molar-refractivity contribution in [3.8, 4) is 0 Å². The fraction of sp³-hybridized carbons (Fsp3) is 0.400. The normalized spacial score (nSPS) is 12.6.